The van der Waals surface area contributed by atoms with Crippen LogP contribution in [0.25, 0.3) is 0 Å². The predicted octanol–water partition coefficient (Wildman–Crippen LogP) is 2.35. The normalized spacial score (nSPS) is 8.83. The second-order valence-electron chi connectivity index (χ2n) is 2.37. The van der Waals surface area contributed by atoms with E-state index in [1.165, 1.54) is 0 Å². The Hall–Kier alpha value is -0.730. The van der Waals surface area contributed by atoms with Crippen molar-refractivity contribution in [1.82, 2.24) is 0 Å². The third-order valence-corrected chi connectivity index (χ3v) is 1.71. The lowest BCUT2D eigenvalue weighted by atomic mass is 10.1. The Labute approximate surface area is 82.6 Å². The topological polar surface area (TPSA) is 49.9 Å². The molecule has 0 aromatic heterocycles. The van der Waals surface area contributed by atoms with Crippen molar-refractivity contribution in [3.63, 3.8) is 0 Å². The second-order valence-corrected chi connectivity index (χ2v) is 2.81. The number of halogens is 2. The van der Waals surface area contributed by atoms with Crippen LogP contribution in [0.5, 0.6) is 0 Å². The fraction of sp³-hybridized carbons (Fsp3) is 0.125. The highest BCUT2D eigenvalue weighted by Gasteiger charge is 2.00. The summed E-state index contributed by atoms with van der Waals surface area (Å²) in [6.07, 6.45) is 0. The molecule has 12 heavy (non-hydrogen) atoms. The fourth-order valence-corrected chi connectivity index (χ4v) is 1.16. The number of aryl methyl sites for hydroxylation is 1. The molecule has 4 heteroatoms. The van der Waals surface area contributed by atoms with Gasteiger partial charge in [0.05, 0.1) is 0 Å². The molecule has 66 valence electrons. The molecule has 0 spiro atoms. The van der Waals surface area contributed by atoms with Crippen molar-refractivity contribution >= 4 is 29.8 Å². The highest BCUT2D eigenvalue weighted by molar-refractivity contribution is 6.30. The summed E-state index contributed by atoms with van der Waals surface area (Å²) >= 11 is 5.71. The standard InChI is InChI=1S/C8H9ClN2.ClH/c1-5-4-6(9)2-3-7(5)8(10)11;/h2-4H,1H3,(H3,10,11);1H. The van der Waals surface area contributed by atoms with Crippen LogP contribution >= 0.6 is 24.0 Å². The van der Waals surface area contributed by atoms with Crippen molar-refractivity contribution < 1.29 is 0 Å². The lowest BCUT2D eigenvalue weighted by molar-refractivity contribution is 1.37. The highest BCUT2D eigenvalue weighted by atomic mass is 35.5. The molecule has 0 saturated carbocycles. The van der Waals surface area contributed by atoms with E-state index >= 15 is 0 Å². The third kappa shape index (κ3) is 2.40. The molecule has 0 aliphatic carbocycles. The lowest BCUT2D eigenvalue weighted by Crippen LogP contribution is -2.12. The summed E-state index contributed by atoms with van der Waals surface area (Å²) in [5.41, 5.74) is 6.98. The Balaban J connectivity index is 0.00000121. The van der Waals surface area contributed by atoms with Crippen LogP contribution < -0.4 is 5.73 Å². The summed E-state index contributed by atoms with van der Waals surface area (Å²) in [4.78, 5) is 0. The van der Waals surface area contributed by atoms with Gasteiger partial charge in [-0.3, -0.25) is 5.41 Å². The van der Waals surface area contributed by atoms with Crippen LogP contribution in [-0.4, -0.2) is 5.84 Å². The van der Waals surface area contributed by atoms with Gasteiger partial charge in [-0.05, 0) is 30.7 Å². The van der Waals surface area contributed by atoms with Gasteiger partial charge in [0, 0.05) is 10.6 Å². The van der Waals surface area contributed by atoms with Crippen molar-refractivity contribution in [3.8, 4) is 0 Å². The van der Waals surface area contributed by atoms with Crippen molar-refractivity contribution in [3.05, 3.63) is 34.3 Å². The molecule has 0 aliphatic heterocycles. The molecular formula is C8H10Cl2N2. The SMILES string of the molecule is Cc1cc(Cl)ccc1C(=N)N.Cl. The Morgan fingerprint density at radius 3 is 2.50 bits per heavy atom. The van der Waals surface area contributed by atoms with Crippen LogP contribution in [0, 0.1) is 12.3 Å². The van der Waals surface area contributed by atoms with E-state index in [4.69, 9.17) is 22.7 Å². The zero-order chi connectivity index (χ0) is 8.43. The minimum absolute atomic E-state index is 0. The number of rotatable bonds is 1. The van der Waals surface area contributed by atoms with Gasteiger partial charge in [-0.15, -0.1) is 12.4 Å². The summed E-state index contributed by atoms with van der Waals surface area (Å²) < 4.78 is 0. The average molecular weight is 205 g/mol. The van der Waals surface area contributed by atoms with E-state index in [9.17, 15) is 0 Å². The average Bonchev–Trinajstić information content (AvgIpc) is 1.85. The van der Waals surface area contributed by atoms with Crippen LogP contribution in [0.4, 0.5) is 0 Å². The molecular weight excluding hydrogens is 195 g/mol. The molecule has 0 bridgehead atoms. The molecule has 0 saturated heterocycles. The maximum atomic E-state index is 7.18. The van der Waals surface area contributed by atoms with E-state index in [1.54, 1.807) is 18.2 Å². The van der Waals surface area contributed by atoms with Crippen LogP contribution in [-0.2, 0) is 0 Å². The second kappa shape index (κ2) is 4.33. The minimum atomic E-state index is 0. The number of hydrogen-bond donors (Lipinski definition) is 2. The summed E-state index contributed by atoms with van der Waals surface area (Å²) in [5, 5.41) is 7.85. The van der Waals surface area contributed by atoms with E-state index in [0.29, 0.717) is 5.02 Å². The van der Waals surface area contributed by atoms with Gasteiger partial charge in [-0.25, -0.2) is 0 Å². The number of amidine groups is 1. The smallest absolute Gasteiger partial charge is 0.123 e. The first-order valence-electron chi connectivity index (χ1n) is 3.22. The minimum Gasteiger partial charge on any atom is -0.384 e. The molecule has 0 radical (unpaired) electrons. The molecule has 1 aromatic carbocycles. The van der Waals surface area contributed by atoms with Gasteiger partial charge in [0.25, 0.3) is 0 Å². The van der Waals surface area contributed by atoms with Crippen molar-refractivity contribution in [2.45, 2.75) is 6.92 Å². The quantitative estimate of drug-likeness (QED) is 0.536. The fourth-order valence-electron chi connectivity index (χ4n) is 0.929. The Bertz CT molecular complexity index is 297. The molecule has 0 amide bonds. The van der Waals surface area contributed by atoms with Gasteiger partial charge >= 0.3 is 0 Å². The molecule has 1 rings (SSSR count). The molecule has 0 heterocycles. The van der Waals surface area contributed by atoms with Gasteiger partial charge in [0.15, 0.2) is 0 Å². The number of nitrogens with two attached hydrogens (primary N) is 1. The molecule has 0 aliphatic rings. The van der Waals surface area contributed by atoms with E-state index in [2.05, 4.69) is 0 Å². The monoisotopic (exact) mass is 204 g/mol. The molecule has 0 atom stereocenters. The molecule has 0 unspecified atom stereocenters. The maximum Gasteiger partial charge on any atom is 0.123 e. The summed E-state index contributed by atoms with van der Waals surface area (Å²) in [6.45, 7) is 1.88. The predicted molar refractivity (Wildman–Crippen MR) is 54.5 cm³/mol. The van der Waals surface area contributed by atoms with E-state index in [0.717, 1.165) is 11.1 Å². The lowest BCUT2D eigenvalue weighted by Gasteiger charge is -2.02. The highest BCUT2D eigenvalue weighted by Crippen LogP contribution is 2.14. The maximum absolute atomic E-state index is 7.18. The van der Waals surface area contributed by atoms with E-state index < -0.39 is 0 Å². The first kappa shape index (κ1) is 11.3. The van der Waals surface area contributed by atoms with E-state index in [-0.39, 0.29) is 18.2 Å². The molecule has 3 N–H and O–H groups in total. The van der Waals surface area contributed by atoms with E-state index in [1.807, 2.05) is 6.92 Å². The Morgan fingerprint density at radius 2 is 2.08 bits per heavy atom. The van der Waals surface area contributed by atoms with Crippen molar-refractivity contribution in [2.75, 3.05) is 0 Å². The third-order valence-electron chi connectivity index (χ3n) is 1.48. The molecule has 0 fully saturated rings. The van der Waals surface area contributed by atoms with Crippen LogP contribution in [0.2, 0.25) is 5.02 Å². The summed E-state index contributed by atoms with van der Waals surface area (Å²) in [5.74, 6) is 0.0826. The summed E-state index contributed by atoms with van der Waals surface area (Å²) in [6, 6.07) is 5.27. The first-order valence-corrected chi connectivity index (χ1v) is 3.59. The van der Waals surface area contributed by atoms with Crippen molar-refractivity contribution in [1.29, 1.82) is 5.41 Å². The number of nitrogens with one attached hydrogen (secondary N) is 1. The van der Waals surface area contributed by atoms with Gasteiger partial charge < -0.3 is 5.73 Å². The van der Waals surface area contributed by atoms with Crippen LogP contribution in [0.1, 0.15) is 11.1 Å². The van der Waals surface area contributed by atoms with Gasteiger partial charge in [-0.2, -0.15) is 0 Å². The van der Waals surface area contributed by atoms with Crippen LogP contribution in [0.15, 0.2) is 18.2 Å². The van der Waals surface area contributed by atoms with Gasteiger partial charge in [0.2, 0.25) is 0 Å². The number of nitrogen functional groups attached to an aromatic ring is 1. The van der Waals surface area contributed by atoms with Crippen LogP contribution in [0.3, 0.4) is 0 Å². The largest absolute Gasteiger partial charge is 0.384 e. The number of benzene rings is 1. The first-order chi connectivity index (χ1) is 5.11. The summed E-state index contributed by atoms with van der Waals surface area (Å²) in [7, 11) is 0. The number of hydrogen-bond acceptors (Lipinski definition) is 1. The molecule has 1 aromatic rings. The zero-order valence-corrected chi connectivity index (χ0v) is 8.17. The van der Waals surface area contributed by atoms with Gasteiger partial charge in [0.1, 0.15) is 5.84 Å². The van der Waals surface area contributed by atoms with Crippen molar-refractivity contribution in [2.24, 2.45) is 5.73 Å². The Morgan fingerprint density at radius 1 is 1.50 bits per heavy atom. The zero-order valence-electron chi connectivity index (χ0n) is 6.60. The molecule has 2 nitrogen and oxygen atoms in total. The Kier molecular flexibility index (Phi) is 4.07. The van der Waals surface area contributed by atoms with Gasteiger partial charge in [-0.1, -0.05) is 11.6 Å².